The summed E-state index contributed by atoms with van der Waals surface area (Å²) in [6.45, 7) is 12.5. The Morgan fingerprint density at radius 1 is 1.03 bits per heavy atom. The molecule has 2 amide bonds. The molecule has 0 unspecified atom stereocenters. The van der Waals surface area contributed by atoms with E-state index in [4.69, 9.17) is 39.5 Å². The second-order valence-electron chi connectivity index (χ2n) is 10.4. The molecule has 1 aliphatic heterocycles. The summed E-state index contributed by atoms with van der Waals surface area (Å²) in [5.74, 6) is 0.789. The molecule has 2 heterocycles. The first-order valence-corrected chi connectivity index (χ1v) is 13.1. The Hall–Kier alpha value is -2.49. The van der Waals surface area contributed by atoms with Gasteiger partial charge in [-0.25, -0.2) is 9.78 Å². The Morgan fingerprint density at radius 2 is 1.68 bits per heavy atom. The van der Waals surface area contributed by atoms with Crippen molar-refractivity contribution in [3.63, 3.8) is 0 Å². The Morgan fingerprint density at radius 3 is 2.27 bits per heavy atom. The maximum atomic E-state index is 13.1. The largest absolute Gasteiger partial charge is 0.444 e. The molecular weight excluding hydrogens is 539 g/mol. The molecule has 9 nitrogen and oxygen atoms in total. The first-order valence-electron chi connectivity index (χ1n) is 12.0. The van der Waals surface area contributed by atoms with E-state index >= 15 is 0 Å². The van der Waals surface area contributed by atoms with Gasteiger partial charge in [0, 0.05) is 36.2 Å². The molecule has 1 aromatic heterocycles. The van der Waals surface area contributed by atoms with Gasteiger partial charge in [0.1, 0.15) is 16.2 Å². The number of carbonyl (C=O) groups is 2. The number of anilines is 2. The van der Waals surface area contributed by atoms with Crippen molar-refractivity contribution in [2.45, 2.75) is 58.7 Å². The fraction of sp³-hybridized carbons (Fsp3) is 0.520. The zero-order valence-corrected chi connectivity index (χ0v) is 24.1. The normalized spacial score (nSPS) is 15.3. The Balaban J connectivity index is 1.63. The number of halogens is 3. The SMILES string of the molecule is C[C@@H](Nc1nc(N2CCN(C(=O)C(C)(C)NC(=O)OC(C)(C)C)CC2)ncc1Cl)c1ccc(Cl)cc1Cl. The first kappa shape index (κ1) is 29.1. The number of amides is 2. The molecule has 1 aromatic carbocycles. The predicted octanol–water partition coefficient (Wildman–Crippen LogP) is 5.56. The Bertz CT molecular complexity index is 1150. The second kappa shape index (κ2) is 11.5. The predicted molar refractivity (Wildman–Crippen MR) is 148 cm³/mol. The van der Waals surface area contributed by atoms with Gasteiger partial charge < -0.3 is 25.2 Å². The van der Waals surface area contributed by atoms with Crippen LogP contribution in [0.3, 0.4) is 0 Å². The maximum absolute atomic E-state index is 13.1. The third-order valence-electron chi connectivity index (χ3n) is 5.71. The van der Waals surface area contributed by atoms with Crippen LogP contribution in [-0.4, -0.2) is 64.2 Å². The summed E-state index contributed by atoms with van der Waals surface area (Å²) in [7, 11) is 0. The van der Waals surface area contributed by atoms with E-state index < -0.39 is 17.2 Å². The topological polar surface area (TPSA) is 99.7 Å². The van der Waals surface area contributed by atoms with Gasteiger partial charge >= 0.3 is 6.09 Å². The average molecular weight is 572 g/mol. The van der Waals surface area contributed by atoms with Gasteiger partial charge in [0.15, 0.2) is 5.82 Å². The van der Waals surface area contributed by atoms with Crippen molar-refractivity contribution in [2.24, 2.45) is 0 Å². The third-order valence-corrected chi connectivity index (χ3v) is 6.55. The third kappa shape index (κ3) is 7.75. The Labute approximate surface area is 232 Å². The lowest BCUT2D eigenvalue weighted by atomic mass is 10.0. The highest BCUT2D eigenvalue weighted by atomic mass is 35.5. The smallest absolute Gasteiger partial charge is 0.408 e. The molecule has 37 heavy (non-hydrogen) atoms. The van der Waals surface area contributed by atoms with Crippen molar-refractivity contribution >= 4 is 58.6 Å². The van der Waals surface area contributed by atoms with Crippen molar-refractivity contribution in [1.82, 2.24) is 20.2 Å². The summed E-state index contributed by atoms with van der Waals surface area (Å²) >= 11 is 18.7. The lowest BCUT2D eigenvalue weighted by Gasteiger charge is -2.39. The molecule has 1 saturated heterocycles. The summed E-state index contributed by atoms with van der Waals surface area (Å²) in [6, 6.07) is 5.14. The molecule has 12 heteroatoms. The average Bonchev–Trinajstić information content (AvgIpc) is 2.78. The summed E-state index contributed by atoms with van der Waals surface area (Å²) in [4.78, 5) is 38.0. The molecule has 3 rings (SSSR count). The zero-order valence-electron chi connectivity index (χ0n) is 21.9. The monoisotopic (exact) mass is 570 g/mol. The molecule has 0 aliphatic carbocycles. The first-order chi connectivity index (χ1) is 17.2. The van der Waals surface area contributed by atoms with E-state index in [2.05, 4.69) is 20.6 Å². The fourth-order valence-electron chi connectivity index (χ4n) is 3.86. The highest BCUT2D eigenvalue weighted by Crippen LogP contribution is 2.31. The van der Waals surface area contributed by atoms with E-state index in [1.54, 1.807) is 57.8 Å². The molecule has 2 aromatic rings. The van der Waals surface area contributed by atoms with Crippen LogP contribution in [0.5, 0.6) is 0 Å². The van der Waals surface area contributed by atoms with E-state index in [1.807, 2.05) is 17.9 Å². The van der Waals surface area contributed by atoms with E-state index in [-0.39, 0.29) is 11.9 Å². The number of hydrogen-bond donors (Lipinski definition) is 2. The number of carbonyl (C=O) groups excluding carboxylic acids is 2. The van der Waals surface area contributed by atoms with E-state index in [1.165, 1.54) is 0 Å². The van der Waals surface area contributed by atoms with Gasteiger partial charge in [-0.15, -0.1) is 0 Å². The molecule has 1 fully saturated rings. The second-order valence-corrected chi connectivity index (χ2v) is 11.7. The highest BCUT2D eigenvalue weighted by molar-refractivity contribution is 6.35. The van der Waals surface area contributed by atoms with Crippen molar-refractivity contribution in [3.05, 3.63) is 45.0 Å². The standard InChI is InChI=1S/C25H33Cl3N6O3/c1-15(17-8-7-16(26)13-18(17)27)30-20-19(28)14-29-22(31-20)34-11-9-33(10-12-34)21(35)25(5,6)32-23(36)37-24(2,3)4/h7-8,13-15H,9-12H2,1-6H3,(H,32,36)(H,29,30,31)/t15-/m1/s1. The molecule has 0 bridgehead atoms. The van der Waals surface area contributed by atoms with Crippen molar-refractivity contribution in [3.8, 4) is 0 Å². The van der Waals surface area contributed by atoms with Gasteiger partial charge in [0.2, 0.25) is 11.9 Å². The molecule has 0 saturated carbocycles. The number of nitrogens with one attached hydrogen (secondary N) is 2. The number of aromatic nitrogens is 2. The zero-order chi connectivity index (χ0) is 27.5. The van der Waals surface area contributed by atoms with Gasteiger partial charge in [-0.05, 0) is 59.2 Å². The maximum Gasteiger partial charge on any atom is 0.408 e. The van der Waals surface area contributed by atoms with Crippen molar-refractivity contribution < 1.29 is 14.3 Å². The summed E-state index contributed by atoms with van der Waals surface area (Å²) in [5, 5.41) is 7.45. The summed E-state index contributed by atoms with van der Waals surface area (Å²) < 4.78 is 5.30. The lowest BCUT2D eigenvalue weighted by molar-refractivity contribution is -0.137. The molecule has 0 radical (unpaired) electrons. The van der Waals surface area contributed by atoms with Gasteiger partial charge in [-0.1, -0.05) is 40.9 Å². The lowest BCUT2D eigenvalue weighted by Crippen LogP contribution is -2.60. The number of nitrogens with zero attached hydrogens (tertiary/aromatic N) is 4. The van der Waals surface area contributed by atoms with E-state index in [9.17, 15) is 9.59 Å². The number of hydrogen-bond acceptors (Lipinski definition) is 7. The highest BCUT2D eigenvalue weighted by Gasteiger charge is 2.36. The van der Waals surface area contributed by atoms with Gasteiger partial charge in [-0.2, -0.15) is 4.98 Å². The number of piperazine rings is 1. The molecular formula is C25H33Cl3N6O3. The van der Waals surface area contributed by atoms with Crippen LogP contribution < -0.4 is 15.5 Å². The summed E-state index contributed by atoms with van der Waals surface area (Å²) in [6.07, 6.45) is 0.918. The minimum absolute atomic E-state index is 0.181. The van der Waals surface area contributed by atoms with Crippen LogP contribution in [0.2, 0.25) is 15.1 Å². The van der Waals surface area contributed by atoms with Gasteiger partial charge in [0.05, 0.1) is 12.2 Å². The molecule has 1 atom stereocenters. The Kier molecular flexibility index (Phi) is 9.03. The van der Waals surface area contributed by atoms with Crippen LogP contribution >= 0.6 is 34.8 Å². The minimum atomic E-state index is -1.11. The van der Waals surface area contributed by atoms with Crippen molar-refractivity contribution in [2.75, 3.05) is 36.4 Å². The number of alkyl carbamates (subject to hydrolysis) is 1. The number of rotatable bonds is 6. The van der Waals surface area contributed by atoms with Crippen LogP contribution in [0.1, 0.15) is 53.1 Å². The molecule has 0 spiro atoms. The van der Waals surface area contributed by atoms with Crippen LogP contribution in [0.15, 0.2) is 24.4 Å². The van der Waals surface area contributed by atoms with E-state index in [0.29, 0.717) is 53.0 Å². The number of benzene rings is 1. The van der Waals surface area contributed by atoms with Crippen molar-refractivity contribution in [1.29, 1.82) is 0 Å². The minimum Gasteiger partial charge on any atom is -0.444 e. The van der Waals surface area contributed by atoms with Crippen LogP contribution in [0, 0.1) is 0 Å². The molecule has 1 aliphatic rings. The summed E-state index contributed by atoms with van der Waals surface area (Å²) in [5.41, 5.74) is -0.908. The van der Waals surface area contributed by atoms with Crippen LogP contribution in [-0.2, 0) is 9.53 Å². The van der Waals surface area contributed by atoms with E-state index in [0.717, 1.165) is 5.56 Å². The quantitative estimate of drug-likeness (QED) is 0.468. The molecule has 202 valence electrons. The van der Waals surface area contributed by atoms with Gasteiger partial charge in [-0.3, -0.25) is 4.79 Å². The van der Waals surface area contributed by atoms with Crippen LogP contribution in [0.4, 0.5) is 16.6 Å². The molecule has 2 N–H and O–H groups in total. The van der Waals surface area contributed by atoms with Gasteiger partial charge in [0.25, 0.3) is 0 Å². The van der Waals surface area contributed by atoms with Crippen LogP contribution in [0.25, 0.3) is 0 Å². The number of ether oxygens (including phenoxy) is 1. The fourth-order valence-corrected chi connectivity index (χ4v) is 4.58.